The number of hydrogen-bond acceptors (Lipinski definition) is 3. The second-order valence-corrected chi connectivity index (χ2v) is 3.61. The van der Waals surface area contributed by atoms with Crippen LogP contribution in [0.4, 0.5) is 19.0 Å². The predicted molar refractivity (Wildman–Crippen MR) is 59.5 cm³/mol. The summed E-state index contributed by atoms with van der Waals surface area (Å²) in [7, 11) is 0. The van der Waals surface area contributed by atoms with Crippen LogP contribution in [0, 0.1) is 17.6 Å². The van der Waals surface area contributed by atoms with Gasteiger partial charge >= 0.3 is 0 Å². The van der Waals surface area contributed by atoms with Gasteiger partial charge in [-0.2, -0.15) is 4.39 Å². The molecule has 0 bridgehead atoms. The van der Waals surface area contributed by atoms with Crippen molar-refractivity contribution in [3.05, 3.63) is 53.5 Å². The Morgan fingerprint density at radius 2 is 1.78 bits per heavy atom. The number of pyridine rings is 1. The quantitative estimate of drug-likeness (QED) is 0.828. The molecule has 0 spiro atoms. The summed E-state index contributed by atoms with van der Waals surface area (Å²) in [5, 5.41) is 11.6. The maximum atomic E-state index is 13.0. The van der Waals surface area contributed by atoms with E-state index in [2.05, 4.69) is 10.3 Å². The molecule has 18 heavy (non-hydrogen) atoms. The molecule has 3 nitrogen and oxygen atoms in total. The minimum Gasteiger partial charge on any atom is -0.503 e. The van der Waals surface area contributed by atoms with Crippen molar-refractivity contribution >= 4 is 5.82 Å². The van der Waals surface area contributed by atoms with Gasteiger partial charge in [0.15, 0.2) is 17.4 Å². The first-order valence-corrected chi connectivity index (χ1v) is 5.09. The number of aromatic nitrogens is 1. The molecule has 0 radical (unpaired) electrons. The van der Waals surface area contributed by atoms with Gasteiger partial charge in [0, 0.05) is 6.54 Å². The lowest BCUT2D eigenvalue weighted by Gasteiger charge is -2.07. The summed E-state index contributed by atoms with van der Waals surface area (Å²) in [6.45, 7) is 0.0601. The van der Waals surface area contributed by atoms with E-state index < -0.39 is 23.3 Å². The topological polar surface area (TPSA) is 45.1 Å². The first kappa shape index (κ1) is 12.2. The van der Waals surface area contributed by atoms with Gasteiger partial charge in [0.05, 0.1) is 0 Å². The Morgan fingerprint density at radius 1 is 1.11 bits per heavy atom. The van der Waals surface area contributed by atoms with Gasteiger partial charge in [-0.1, -0.05) is 6.07 Å². The van der Waals surface area contributed by atoms with E-state index in [4.69, 9.17) is 5.11 Å². The number of halogens is 3. The van der Waals surface area contributed by atoms with Crippen molar-refractivity contribution in [1.29, 1.82) is 0 Å². The van der Waals surface area contributed by atoms with Crippen molar-refractivity contribution in [2.24, 2.45) is 0 Å². The van der Waals surface area contributed by atoms with Gasteiger partial charge in [0.1, 0.15) is 5.82 Å². The Morgan fingerprint density at radius 3 is 2.39 bits per heavy atom. The van der Waals surface area contributed by atoms with Crippen molar-refractivity contribution in [3.8, 4) is 5.75 Å². The van der Waals surface area contributed by atoms with Gasteiger partial charge in [-0.05, 0) is 29.8 Å². The van der Waals surface area contributed by atoms with Gasteiger partial charge in [0.25, 0.3) is 0 Å². The fraction of sp³-hybridized carbons (Fsp3) is 0.0833. The molecule has 2 rings (SSSR count). The normalized spacial score (nSPS) is 10.4. The summed E-state index contributed by atoms with van der Waals surface area (Å²) in [6.07, 6.45) is 0. The van der Waals surface area contributed by atoms with E-state index in [-0.39, 0.29) is 17.9 Å². The molecule has 0 saturated heterocycles. The molecule has 0 saturated carbocycles. The van der Waals surface area contributed by atoms with Crippen LogP contribution in [0.2, 0.25) is 0 Å². The number of phenolic OH excluding ortho intramolecular Hbond substituents is 1. The van der Waals surface area contributed by atoms with Crippen molar-refractivity contribution in [3.63, 3.8) is 0 Å². The lowest BCUT2D eigenvalue weighted by atomic mass is 10.2. The molecule has 0 fully saturated rings. The van der Waals surface area contributed by atoms with Crippen molar-refractivity contribution in [2.45, 2.75) is 6.54 Å². The van der Waals surface area contributed by atoms with E-state index in [9.17, 15) is 13.2 Å². The van der Waals surface area contributed by atoms with Gasteiger partial charge in [-0.15, -0.1) is 0 Å². The molecule has 6 heteroatoms. The lowest BCUT2D eigenvalue weighted by molar-refractivity contribution is 0.395. The van der Waals surface area contributed by atoms with Crippen LogP contribution in [0.5, 0.6) is 5.75 Å². The van der Waals surface area contributed by atoms with Crippen LogP contribution in [0.3, 0.4) is 0 Å². The smallest absolute Gasteiger partial charge is 0.214 e. The largest absolute Gasteiger partial charge is 0.503 e. The third-order valence-corrected chi connectivity index (χ3v) is 2.27. The highest BCUT2D eigenvalue weighted by Crippen LogP contribution is 2.21. The highest BCUT2D eigenvalue weighted by atomic mass is 19.1. The summed E-state index contributed by atoms with van der Waals surface area (Å²) in [5.74, 6) is -3.49. The number of rotatable bonds is 3. The standard InChI is InChI=1S/C12H9F3N2O/c13-8-4-7(5-9(14)12(8)18)6-16-11-3-1-2-10(15)17-11/h1-5,18H,6H2,(H,16,17). The Hall–Kier alpha value is -2.24. The number of nitrogens with zero attached hydrogens (tertiary/aromatic N) is 1. The molecule has 0 aliphatic rings. The summed E-state index contributed by atoms with van der Waals surface area (Å²) < 4.78 is 38.8. The second kappa shape index (κ2) is 4.95. The van der Waals surface area contributed by atoms with Gasteiger partial charge in [0.2, 0.25) is 5.95 Å². The van der Waals surface area contributed by atoms with Crippen LogP contribution >= 0.6 is 0 Å². The van der Waals surface area contributed by atoms with Crippen LogP contribution in [0.25, 0.3) is 0 Å². The van der Waals surface area contributed by atoms with E-state index in [0.717, 1.165) is 12.1 Å². The van der Waals surface area contributed by atoms with Crippen LogP contribution in [-0.4, -0.2) is 10.1 Å². The Bertz CT molecular complexity index is 552. The van der Waals surface area contributed by atoms with Gasteiger partial charge < -0.3 is 10.4 Å². The number of anilines is 1. The molecule has 0 unspecified atom stereocenters. The zero-order valence-electron chi connectivity index (χ0n) is 9.12. The number of nitrogens with one attached hydrogen (secondary N) is 1. The second-order valence-electron chi connectivity index (χ2n) is 3.61. The maximum absolute atomic E-state index is 13.0. The Kier molecular flexibility index (Phi) is 3.36. The summed E-state index contributed by atoms with van der Waals surface area (Å²) in [4.78, 5) is 3.54. The van der Waals surface area contributed by atoms with Crippen LogP contribution in [0.1, 0.15) is 5.56 Å². The zero-order valence-corrected chi connectivity index (χ0v) is 9.12. The number of aromatic hydroxyl groups is 1. The van der Waals surface area contributed by atoms with Crippen LogP contribution in [0.15, 0.2) is 30.3 Å². The van der Waals surface area contributed by atoms with Gasteiger partial charge in [-0.25, -0.2) is 13.8 Å². The molecule has 2 aromatic rings. The highest BCUT2D eigenvalue weighted by Gasteiger charge is 2.09. The average Bonchev–Trinajstić information content (AvgIpc) is 2.33. The lowest BCUT2D eigenvalue weighted by Crippen LogP contribution is -2.03. The minimum atomic E-state index is -1.04. The molecular formula is C12H9F3N2O. The number of phenols is 1. The first-order valence-electron chi connectivity index (χ1n) is 5.09. The van der Waals surface area contributed by atoms with E-state index in [1.54, 1.807) is 0 Å². The van der Waals surface area contributed by atoms with E-state index >= 15 is 0 Å². The third-order valence-electron chi connectivity index (χ3n) is 2.27. The molecule has 0 aliphatic heterocycles. The highest BCUT2D eigenvalue weighted by molar-refractivity contribution is 5.37. The van der Waals surface area contributed by atoms with E-state index in [1.807, 2.05) is 0 Å². The molecule has 0 atom stereocenters. The SMILES string of the molecule is Oc1c(F)cc(CNc2cccc(F)n2)cc1F. The molecular weight excluding hydrogens is 245 g/mol. The fourth-order valence-electron chi connectivity index (χ4n) is 1.42. The molecule has 0 aliphatic carbocycles. The van der Waals surface area contributed by atoms with Crippen LogP contribution < -0.4 is 5.32 Å². The Balaban J connectivity index is 2.11. The van der Waals surface area contributed by atoms with Crippen molar-refractivity contribution < 1.29 is 18.3 Å². The maximum Gasteiger partial charge on any atom is 0.214 e. The summed E-state index contributed by atoms with van der Waals surface area (Å²) in [5.41, 5.74) is 0.272. The third kappa shape index (κ3) is 2.71. The zero-order chi connectivity index (χ0) is 13.1. The summed E-state index contributed by atoms with van der Waals surface area (Å²) >= 11 is 0. The van der Waals surface area contributed by atoms with E-state index in [1.165, 1.54) is 18.2 Å². The Labute approximate surface area is 101 Å². The van der Waals surface area contributed by atoms with Crippen molar-refractivity contribution in [1.82, 2.24) is 4.98 Å². The number of benzene rings is 1. The monoisotopic (exact) mass is 254 g/mol. The summed E-state index contributed by atoms with van der Waals surface area (Å²) in [6, 6.07) is 6.15. The molecule has 94 valence electrons. The minimum absolute atomic E-state index is 0.0601. The molecule has 0 amide bonds. The van der Waals surface area contributed by atoms with Crippen molar-refractivity contribution in [2.75, 3.05) is 5.32 Å². The predicted octanol–water partition coefficient (Wildman–Crippen LogP) is 2.82. The van der Waals surface area contributed by atoms with E-state index in [0.29, 0.717) is 0 Å². The average molecular weight is 254 g/mol. The molecule has 2 N–H and O–H groups in total. The first-order chi connectivity index (χ1) is 8.56. The fourth-order valence-corrected chi connectivity index (χ4v) is 1.42. The van der Waals surface area contributed by atoms with Gasteiger partial charge in [-0.3, -0.25) is 0 Å². The molecule has 1 aromatic carbocycles. The number of hydrogen-bond donors (Lipinski definition) is 2. The molecule has 1 heterocycles. The molecule has 1 aromatic heterocycles. The van der Waals surface area contributed by atoms with Crippen LogP contribution in [-0.2, 0) is 6.54 Å².